The molecule has 1 nitrogen and oxygen atoms in total. The molecule has 0 atom stereocenters. The Bertz CT molecular complexity index is 260. The molecule has 0 heterocycles. The van der Waals surface area contributed by atoms with Gasteiger partial charge in [0.1, 0.15) is 0 Å². The van der Waals surface area contributed by atoms with Crippen LogP contribution in [0, 0.1) is 0 Å². The van der Waals surface area contributed by atoms with E-state index in [0.717, 1.165) is 0 Å². The Morgan fingerprint density at radius 3 is 2.50 bits per heavy atom. The van der Waals surface area contributed by atoms with Crippen molar-refractivity contribution in [2.45, 2.75) is 25.3 Å². The Morgan fingerprint density at radius 1 is 1.17 bits per heavy atom. The molecule has 2 rings (SSSR count). The Morgan fingerprint density at radius 2 is 1.92 bits per heavy atom. The average molecular weight is 159 g/mol. The van der Waals surface area contributed by atoms with E-state index in [1.165, 1.54) is 24.8 Å². The van der Waals surface area contributed by atoms with Crippen molar-refractivity contribution >= 4 is 6.21 Å². The summed E-state index contributed by atoms with van der Waals surface area (Å²) in [6, 6.07) is 10.9. The van der Waals surface area contributed by atoms with E-state index < -0.39 is 0 Å². The van der Waals surface area contributed by atoms with Gasteiger partial charge in [0.2, 0.25) is 0 Å². The number of rotatable bonds is 2. The van der Waals surface area contributed by atoms with E-state index in [1.54, 1.807) is 0 Å². The standard InChI is InChI=1S/C11H13N/c1-2-5-10(6-3-1)9-12-11-7-4-8-11/h1-3,5-6,9,11H,4,7-8H2/b12-9+. The molecule has 1 fully saturated rings. The van der Waals surface area contributed by atoms with E-state index in [-0.39, 0.29) is 0 Å². The zero-order valence-corrected chi connectivity index (χ0v) is 7.11. The first-order chi connectivity index (χ1) is 5.95. The van der Waals surface area contributed by atoms with Gasteiger partial charge in [-0.05, 0) is 24.8 Å². The van der Waals surface area contributed by atoms with Crippen molar-refractivity contribution in [3.8, 4) is 0 Å². The first-order valence-electron chi connectivity index (χ1n) is 4.53. The molecule has 62 valence electrons. The molecule has 0 unspecified atom stereocenters. The van der Waals surface area contributed by atoms with Crippen LogP contribution in [0.3, 0.4) is 0 Å². The van der Waals surface area contributed by atoms with Gasteiger partial charge in [-0.15, -0.1) is 0 Å². The summed E-state index contributed by atoms with van der Waals surface area (Å²) in [5, 5.41) is 0. The molecule has 0 amide bonds. The molecule has 12 heavy (non-hydrogen) atoms. The number of benzene rings is 1. The van der Waals surface area contributed by atoms with E-state index in [4.69, 9.17) is 0 Å². The van der Waals surface area contributed by atoms with Gasteiger partial charge < -0.3 is 0 Å². The van der Waals surface area contributed by atoms with Crippen molar-refractivity contribution in [1.82, 2.24) is 0 Å². The molecule has 1 aromatic carbocycles. The smallest absolute Gasteiger partial charge is 0.0499 e. The Hall–Kier alpha value is -1.11. The summed E-state index contributed by atoms with van der Waals surface area (Å²) in [4.78, 5) is 4.47. The fourth-order valence-corrected chi connectivity index (χ4v) is 1.27. The van der Waals surface area contributed by atoms with Gasteiger partial charge in [-0.2, -0.15) is 0 Å². The number of nitrogens with zero attached hydrogens (tertiary/aromatic N) is 1. The zero-order valence-electron chi connectivity index (χ0n) is 7.11. The maximum Gasteiger partial charge on any atom is 0.0499 e. The summed E-state index contributed by atoms with van der Waals surface area (Å²) in [5.74, 6) is 0. The van der Waals surface area contributed by atoms with Crippen LogP contribution in [0.2, 0.25) is 0 Å². The maximum atomic E-state index is 4.47. The van der Waals surface area contributed by atoms with Crippen LogP contribution in [0.15, 0.2) is 35.3 Å². The first-order valence-corrected chi connectivity index (χ1v) is 4.53. The lowest BCUT2D eigenvalue weighted by atomic mass is 9.94. The second-order valence-corrected chi connectivity index (χ2v) is 3.27. The first kappa shape index (κ1) is 7.53. The van der Waals surface area contributed by atoms with Crippen molar-refractivity contribution in [3.63, 3.8) is 0 Å². The Kier molecular flexibility index (Phi) is 2.21. The minimum absolute atomic E-state index is 0.616. The van der Waals surface area contributed by atoms with Crippen molar-refractivity contribution in [1.29, 1.82) is 0 Å². The van der Waals surface area contributed by atoms with Gasteiger partial charge in [0.15, 0.2) is 0 Å². The molecule has 1 heteroatoms. The van der Waals surface area contributed by atoms with E-state index in [0.29, 0.717) is 6.04 Å². The van der Waals surface area contributed by atoms with Gasteiger partial charge in [-0.1, -0.05) is 30.3 Å². The Balaban J connectivity index is 1.98. The van der Waals surface area contributed by atoms with Crippen LogP contribution >= 0.6 is 0 Å². The van der Waals surface area contributed by atoms with E-state index >= 15 is 0 Å². The van der Waals surface area contributed by atoms with Crippen LogP contribution in [-0.2, 0) is 0 Å². The highest BCUT2D eigenvalue weighted by atomic mass is 14.8. The van der Waals surface area contributed by atoms with Crippen molar-refractivity contribution in [2.75, 3.05) is 0 Å². The summed E-state index contributed by atoms with van der Waals surface area (Å²) >= 11 is 0. The molecule has 0 bridgehead atoms. The van der Waals surface area contributed by atoms with Gasteiger partial charge in [-0.25, -0.2) is 0 Å². The molecule has 0 radical (unpaired) electrons. The highest BCUT2D eigenvalue weighted by Gasteiger charge is 2.14. The monoisotopic (exact) mass is 159 g/mol. The highest BCUT2D eigenvalue weighted by Crippen LogP contribution is 2.21. The molecule has 1 aliphatic carbocycles. The van der Waals surface area contributed by atoms with Crippen LogP contribution in [0.5, 0.6) is 0 Å². The fourth-order valence-electron chi connectivity index (χ4n) is 1.27. The SMILES string of the molecule is C(=N\C1CCC1)/c1ccccc1. The van der Waals surface area contributed by atoms with Gasteiger partial charge in [0, 0.05) is 12.3 Å². The summed E-state index contributed by atoms with van der Waals surface area (Å²) < 4.78 is 0. The fraction of sp³-hybridized carbons (Fsp3) is 0.364. The third-order valence-electron chi connectivity index (χ3n) is 2.31. The van der Waals surface area contributed by atoms with Gasteiger partial charge in [-0.3, -0.25) is 4.99 Å². The zero-order chi connectivity index (χ0) is 8.23. The molecule has 0 saturated heterocycles. The molecule has 0 aliphatic heterocycles. The summed E-state index contributed by atoms with van der Waals surface area (Å²) in [5.41, 5.74) is 1.21. The predicted octanol–water partition coefficient (Wildman–Crippen LogP) is 2.66. The molecule has 1 saturated carbocycles. The third-order valence-corrected chi connectivity index (χ3v) is 2.31. The quantitative estimate of drug-likeness (QED) is 0.588. The third kappa shape index (κ3) is 1.73. The average Bonchev–Trinajstić information content (AvgIpc) is 2.04. The largest absolute Gasteiger partial charge is 0.289 e. The summed E-state index contributed by atoms with van der Waals surface area (Å²) in [7, 11) is 0. The molecule has 0 aromatic heterocycles. The van der Waals surface area contributed by atoms with Crippen molar-refractivity contribution in [3.05, 3.63) is 35.9 Å². The van der Waals surface area contributed by atoms with Crippen molar-refractivity contribution in [2.24, 2.45) is 4.99 Å². The maximum absolute atomic E-state index is 4.47. The molecule has 0 spiro atoms. The topological polar surface area (TPSA) is 12.4 Å². The second-order valence-electron chi connectivity index (χ2n) is 3.27. The van der Waals surface area contributed by atoms with Gasteiger partial charge in [0.05, 0.1) is 0 Å². The number of aliphatic imine (C=N–C) groups is 1. The normalized spacial score (nSPS) is 18.0. The highest BCUT2D eigenvalue weighted by molar-refractivity contribution is 5.79. The van der Waals surface area contributed by atoms with Crippen LogP contribution in [-0.4, -0.2) is 12.3 Å². The minimum Gasteiger partial charge on any atom is -0.289 e. The second kappa shape index (κ2) is 3.53. The van der Waals surface area contributed by atoms with E-state index in [9.17, 15) is 0 Å². The predicted molar refractivity (Wildman–Crippen MR) is 51.7 cm³/mol. The Labute approximate surface area is 73.1 Å². The minimum atomic E-state index is 0.616. The van der Waals surface area contributed by atoms with Crippen LogP contribution in [0.4, 0.5) is 0 Å². The lowest BCUT2D eigenvalue weighted by molar-refractivity contribution is 0.421. The van der Waals surface area contributed by atoms with Crippen LogP contribution < -0.4 is 0 Å². The molecule has 0 N–H and O–H groups in total. The van der Waals surface area contributed by atoms with Crippen molar-refractivity contribution < 1.29 is 0 Å². The molecular formula is C11H13N. The number of hydrogen-bond acceptors (Lipinski definition) is 1. The van der Waals surface area contributed by atoms with E-state index in [2.05, 4.69) is 17.1 Å². The molecule has 1 aliphatic rings. The molecular weight excluding hydrogens is 146 g/mol. The van der Waals surface area contributed by atoms with Crippen LogP contribution in [0.25, 0.3) is 0 Å². The lowest BCUT2D eigenvalue weighted by Gasteiger charge is -2.20. The number of hydrogen-bond donors (Lipinski definition) is 0. The van der Waals surface area contributed by atoms with Gasteiger partial charge in [0.25, 0.3) is 0 Å². The van der Waals surface area contributed by atoms with Gasteiger partial charge >= 0.3 is 0 Å². The molecule has 1 aromatic rings. The van der Waals surface area contributed by atoms with Crippen LogP contribution in [0.1, 0.15) is 24.8 Å². The van der Waals surface area contributed by atoms with E-state index in [1.807, 2.05) is 24.4 Å². The lowest BCUT2D eigenvalue weighted by Crippen LogP contribution is -2.14. The summed E-state index contributed by atoms with van der Waals surface area (Å²) in [6.45, 7) is 0. The summed E-state index contributed by atoms with van der Waals surface area (Å²) in [6.07, 6.45) is 5.91.